The van der Waals surface area contributed by atoms with Crippen molar-refractivity contribution in [2.24, 2.45) is 5.92 Å². The monoisotopic (exact) mass is 258 g/mol. The fraction of sp³-hybridized carbons (Fsp3) is 0.929. The van der Waals surface area contributed by atoms with Gasteiger partial charge in [0.1, 0.15) is 5.60 Å². The highest BCUT2D eigenvalue weighted by Crippen LogP contribution is 2.09. The lowest BCUT2D eigenvalue weighted by molar-refractivity contribution is 0.0472. The highest BCUT2D eigenvalue weighted by molar-refractivity contribution is 5.68. The molecule has 1 amide bonds. The van der Waals surface area contributed by atoms with Crippen LogP contribution in [0, 0.1) is 5.92 Å². The average Bonchev–Trinajstić information content (AvgIpc) is 2.07. The molecule has 0 aliphatic heterocycles. The van der Waals surface area contributed by atoms with Crippen LogP contribution in [-0.4, -0.2) is 30.3 Å². The Labute approximate surface area is 112 Å². The molecule has 4 nitrogen and oxygen atoms in total. The SMILES string of the molecule is CC(C)CCNCC(C)(C)NC(=O)OC(C)(C)C. The molecule has 0 unspecified atom stereocenters. The number of hydrogen-bond acceptors (Lipinski definition) is 3. The van der Waals surface area contributed by atoms with Crippen molar-refractivity contribution in [3.8, 4) is 0 Å². The first-order valence-electron chi connectivity index (χ1n) is 6.74. The number of hydrogen-bond donors (Lipinski definition) is 2. The first-order chi connectivity index (χ1) is 8.02. The van der Waals surface area contributed by atoms with Crippen LogP contribution in [0.15, 0.2) is 0 Å². The molecule has 0 aromatic heterocycles. The minimum atomic E-state index is -0.453. The topological polar surface area (TPSA) is 50.4 Å². The zero-order chi connectivity index (χ0) is 14.4. The molecule has 0 atom stereocenters. The van der Waals surface area contributed by atoms with E-state index >= 15 is 0 Å². The zero-order valence-corrected chi connectivity index (χ0v) is 13.0. The van der Waals surface area contributed by atoms with Gasteiger partial charge in [0, 0.05) is 6.54 Å². The van der Waals surface area contributed by atoms with Crippen LogP contribution in [0.4, 0.5) is 4.79 Å². The van der Waals surface area contributed by atoms with Crippen molar-refractivity contribution in [1.29, 1.82) is 0 Å². The summed E-state index contributed by atoms with van der Waals surface area (Å²) in [5.74, 6) is 0.694. The Morgan fingerprint density at radius 2 is 1.72 bits per heavy atom. The van der Waals surface area contributed by atoms with Gasteiger partial charge in [-0.05, 0) is 53.5 Å². The second kappa shape index (κ2) is 6.98. The molecule has 0 saturated heterocycles. The first kappa shape index (κ1) is 17.2. The molecule has 0 saturated carbocycles. The molecule has 0 fully saturated rings. The molecule has 0 aromatic rings. The summed E-state index contributed by atoms with van der Waals surface area (Å²) in [6.07, 6.45) is 0.779. The van der Waals surface area contributed by atoms with Crippen molar-refractivity contribution in [1.82, 2.24) is 10.6 Å². The molecule has 0 heterocycles. The van der Waals surface area contributed by atoms with E-state index in [0.29, 0.717) is 5.92 Å². The minimum Gasteiger partial charge on any atom is -0.444 e. The Morgan fingerprint density at radius 3 is 2.17 bits per heavy atom. The van der Waals surface area contributed by atoms with Crippen molar-refractivity contribution in [2.75, 3.05) is 13.1 Å². The molecule has 0 bridgehead atoms. The van der Waals surface area contributed by atoms with E-state index < -0.39 is 5.60 Å². The van der Waals surface area contributed by atoms with Crippen LogP contribution >= 0.6 is 0 Å². The lowest BCUT2D eigenvalue weighted by Crippen LogP contribution is -2.51. The summed E-state index contributed by atoms with van der Waals surface area (Å²) in [7, 11) is 0. The summed E-state index contributed by atoms with van der Waals surface area (Å²) in [4.78, 5) is 11.7. The standard InChI is InChI=1S/C14H30N2O2/c1-11(2)8-9-15-10-14(6,7)16-12(17)18-13(3,4)5/h11,15H,8-10H2,1-7H3,(H,16,17). The molecular formula is C14H30N2O2. The van der Waals surface area contributed by atoms with Crippen LogP contribution in [0.2, 0.25) is 0 Å². The first-order valence-corrected chi connectivity index (χ1v) is 6.74. The zero-order valence-electron chi connectivity index (χ0n) is 13.0. The van der Waals surface area contributed by atoms with Gasteiger partial charge in [0.15, 0.2) is 0 Å². The van der Waals surface area contributed by atoms with E-state index in [0.717, 1.165) is 19.5 Å². The summed E-state index contributed by atoms with van der Waals surface area (Å²) >= 11 is 0. The third-order valence-corrected chi connectivity index (χ3v) is 2.30. The predicted molar refractivity (Wildman–Crippen MR) is 75.8 cm³/mol. The molecule has 2 N–H and O–H groups in total. The second-order valence-electron chi connectivity index (χ2n) is 6.87. The maximum atomic E-state index is 11.7. The van der Waals surface area contributed by atoms with Gasteiger partial charge in [-0.2, -0.15) is 0 Å². The van der Waals surface area contributed by atoms with E-state index in [4.69, 9.17) is 4.74 Å². The Hall–Kier alpha value is -0.770. The summed E-state index contributed by atoms with van der Waals surface area (Å²) in [6, 6.07) is 0. The maximum Gasteiger partial charge on any atom is 0.408 e. The van der Waals surface area contributed by atoms with Crippen molar-refractivity contribution >= 4 is 6.09 Å². The normalized spacial score (nSPS) is 12.7. The summed E-state index contributed by atoms with van der Waals surface area (Å²) in [5, 5.41) is 6.23. The van der Waals surface area contributed by atoms with Gasteiger partial charge in [-0.25, -0.2) is 4.79 Å². The smallest absolute Gasteiger partial charge is 0.408 e. The number of nitrogens with one attached hydrogen (secondary N) is 2. The Kier molecular flexibility index (Phi) is 6.68. The van der Waals surface area contributed by atoms with Crippen molar-refractivity contribution in [3.05, 3.63) is 0 Å². The van der Waals surface area contributed by atoms with Gasteiger partial charge in [-0.3, -0.25) is 0 Å². The largest absolute Gasteiger partial charge is 0.444 e. The molecule has 108 valence electrons. The third-order valence-electron chi connectivity index (χ3n) is 2.30. The average molecular weight is 258 g/mol. The molecular weight excluding hydrogens is 228 g/mol. The van der Waals surface area contributed by atoms with Crippen LogP contribution < -0.4 is 10.6 Å². The fourth-order valence-electron chi connectivity index (χ4n) is 1.42. The van der Waals surface area contributed by atoms with Gasteiger partial charge in [-0.1, -0.05) is 13.8 Å². The van der Waals surface area contributed by atoms with Crippen LogP contribution in [-0.2, 0) is 4.74 Å². The van der Waals surface area contributed by atoms with Crippen molar-refractivity contribution in [3.63, 3.8) is 0 Å². The highest BCUT2D eigenvalue weighted by atomic mass is 16.6. The highest BCUT2D eigenvalue weighted by Gasteiger charge is 2.24. The second-order valence-corrected chi connectivity index (χ2v) is 6.87. The quantitative estimate of drug-likeness (QED) is 0.720. The van der Waals surface area contributed by atoms with Gasteiger partial charge < -0.3 is 15.4 Å². The van der Waals surface area contributed by atoms with Crippen LogP contribution in [0.3, 0.4) is 0 Å². The summed E-state index contributed by atoms with van der Waals surface area (Å²) < 4.78 is 5.24. The van der Waals surface area contributed by atoms with Crippen LogP contribution in [0.1, 0.15) is 54.9 Å². The summed E-state index contributed by atoms with van der Waals surface area (Å²) in [5.41, 5.74) is -0.759. The maximum absolute atomic E-state index is 11.7. The predicted octanol–water partition coefficient (Wildman–Crippen LogP) is 2.93. The Bertz CT molecular complexity index is 255. The molecule has 0 aliphatic carbocycles. The number of carbonyl (C=O) groups excluding carboxylic acids is 1. The number of ether oxygens (including phenoxy) is 1. The summed E-state index contributed by atoms with van der Waals surface area (Å²) in [6.45, 7) is 15.7. The van der Waals surface area contributed by atoms with E-state index in [1.54, 1.807) is 0 Å². The van der Waals surface area contributed by atoms with E-state index in [1.807, 2.05) is 34.6 Å². The van der Waals surface area contributed by atoms with E-state index in [9.17, 15) is 4.79 Å². The number of carbonyl (C=O) groups is 1. The lowest BCUT2D eigenvalue weighted by Gasteiger charge is -2.29. The molecule has 0 aliphatic rings. The fourth-order valence-corrected chi connectivity index (χ4v) is 1.42. The van der Waals surface area contributed by atoms with E-state index in [-0.39, 0.29) is 11.6 Å². The van der Waals surface area contributed by atoms with Crippen LogP contribution in [0.5, 0.6) is 0 Å². The van der Waals surface area contributed by atoms with E-state index in [2.05, 4.69) is 24.5 Å². The molecule has 0 radical (unpaired) electrons. The number of amides is 1. The number of alkyl carbamates (subject to hydrolysis) is 1. The molecule has 0 aromatic carbocycles. The van der Waals surface area contributed by atoms with Gasteiger partial charge in [0.2, 0.25) is 0 Å². The van der Waals surface area contributed by atoms with Crippen molar-refractivity contribution in [2.45, 2.75) is 66.0 Å². The van der Waals surface area contributed by atoms with Gasteiger partial charge in [0.05, 0.1) is 5.54 Å². The van der Waals surface area contributed by atoms with Gasteiger partial charge in [-0.15, -0.1) is 0 Å². The minimum absolute atomic E-state index is 0.306. The Balaban J connectivity index is 3.95. The van der Waals surface area contributed by atoms with Crippen molar-refractivity contribution < 1.29 is 9.53 Å². The molecule has 4 heteroatoms. The van der Waals surface area contributed by atoms with Gasteiger partial charge in [0.25, 0.3) is 0 Å². The molecule has 0 rings (SSSR count). The molecule has 18 heavy (non-hydrogen) atoms. The third kappa shape index (κ3) is 10.4. The van der Waals surface area contributed by atoms with Crippen LogP contribution in [0.25, 0.3) is 0 Å². The lowest BCUT2D eigenvalue weighted by atomic mass is 10.1. The number of rotatable bonds is 6. The van der Waals surface area contributed by atoms with E-state index in [1.165, 1.54) is 0 Å². The van der Waals surface area contributed by atoms with Gasteiger partial charge >= 0.3 is 6.09 Å². The molecule has 0 spiro atoms. The Morgan fingerprint density at radius 1 is 1.17 bits per heavy atom.